The number of nitrogens with one attached hydrogen (secondary N) is 2. The number of benzene rings is 1. The van der Waals surface area contributed by atoms with Crippen LogP contribution in [0, 0.1) is 0 Å². The highest BCUT2D eigenvalue weighted by Gasteiger charge is 2.15. The Balaban J connectivity index is 2.53. The summed E-state index contributed by atoms with van der Waals surface area (Å²) < 4.78 is 12.4. The molecule has 2 aromatic rings. The van der Waals surface area contributed by atoms with E-state index in [2.05, 4.69) is 23.3 Å². The van der Waals surface area contributed by atoms with Gasteiger partial charge in [-0.05, 0) is 49.6 Å². The van der Waals surface area contributed by atoms with Gasteiger partial charge < -0.3 is 14.9 Å². The van der Waals surface area contributed by atoms with Crippen LogP contribution in [-0.2, 0) is 15.8 Å². The molecule has 2 rings (SSSR count). The molecule has 0 unspecified atom stereocenters. The van der Waals surface area contributed by atoms with Crippen molar-refractivity contribution in [1.82, 2.24) is 4.98 Å². The third kappa shape index (κ3) is 3.85. The number of hydrogen-bond donors (Lipinski definition) is 2. The fraction of sp³-hybridized carbons (Fsp3) is 0.312. The van der Waals surface area contributed by atoms with Gasteiger partial charge in [-0.25, -0.2) is 0 Å². The van der Waals surface area contributed by atoms with Crippen molar-refractivity contribution < 1.29 is 9.36 Å². The molecule has 5 heteroatoms. The second-order valence-corrected chi connectivity index (χ2v) is 8.79. The van der Waals surface area contributed by atoms with Crippen LogP contribution in [0.4, 0.5) is 5.69 Å². The molecule has 0 fully saturated rings. The summed E-state index contributed by atoms with van der Waals surface area (Å²) in [5.41, 5.74) is 3.79. The van der Waals surface area contributed by atoms with Crippen molar-refractivity contribution in [2.75, 3.05) is 18.6 Å². The Morgan fingerprint density at radius 2 is 1.95 bits per heavy atom. The molecule has 112 valence electrons. The highest BCUT2D eigenvalue weighted by atomic mass is 31.2. The lowest BCUT2D eigenvalue weighted by Gasteiger charge is -2.12. The third-order valence-electron chi connectivity index (χ3n) is 3.32. The largest absolute Gasteiger partial charge is 0.361 e. The third-order valence-corrected chi connectivity index (χ3v) is 4.82. The topological polar surface area (TPSA) is 62.0 Å². The predicted molar refractivity (Wildman–Crippen MR) is 89.0 cm³/mol. The van der Waals surface area contributed by atoms with Crippen LogP contribution in [0.2, 0.25) is 0 Å². The van der Waals surface area contributed by atoms with Gasteiger partial charge in [0.2, 0.25) is 5.91 Å². The number of hydrogen-bond acceptors (Lipinski definition) is 2. The lowest BCUT2D eigenvalue weighted by atomic mass is 10.1. The van der Waals surface area contributed by atoms with E-state index >= 15 is 0 Å². The van der Waals surface area contributed by atoms with Crippen LogP contribution in [0.25, 0.3) is 11.3 Å². The number of aryl methyl sites for hydroxylation is 1. The smallest absolute Gasteiger partial charge is 0.221 e. The van der Waals surface area contributed by atoms with Crippen molar-refractivity contribution in [3.63, 3.8) is 0 Å². The molecular weight excluding hydrogens is 283 g/mol. The van der Waals surface area contributed by atoms with E-state index in [0.717, 1.165) is 23.0 Å². The van der Waals surface area contributed by atoms with Crippen molar-refractivity contribution in [3.05, 3.63) is 36.0 Å². The van der Waals surface area contributed by atoms with E-state index in [0.29, 0.717) is 5.69 Å². The number of H-pyrrole nitrogens is 1. The highest BCUT2D eigenvalue weighted by molar-refractivity contribution is 7.70. The molecule has 1 aromatic heterocycles. The zero-order valence-electron chi connectivity index (χ0n) is 12.9. The zero-order valence-corrected chi connectivity index (χ0v) is 13.8. The van der Waals surface area contributed by atoms with Crippen molar-refractivity contribution in [2.45, 2.75) is 20.3 Å². The van der Waals surface area contributed by atoms with Gasteiger partial charge in [-0.15, -0.1) is 0 Å². The molecule has 0 bridgehead atoms. The summed E-state index contributed by atoms with van der Waals surface area (Å²) in [7, 11) is -2.40. The maximum Gasteiger partial charge on any atom is 0.221 e. The van der Waals surface area contributed by atoms with Crippen LogP contribution in [0.3, 0.4) is 0 Å². The summed E-state index contributed by atoms with van der Waals surface area (Å²) in [5.74, 6) is -0.138. The van der Waals surface area contributed by atoms with E-state index in [1.165, 1.54) is 12.5 Å². The first-order chi connectivity index (χ1) is 9.79. The maximum absolute atomic E-state index is 12.4. The Labute approximate surface area is 125 Å². The van der Waals surface area contributed by atoms with Crippen LogP contribution < -0.4 is 10.6 Å². The number of aromatic amines is 1. The lowest BCUT2D eigenvalue weighted by molar-refractivity contribution is -0.114. The second-order valence-electron chi connectivity index (χ2n) is 5.58. The fourth-order valence-electron chi connectivity index (χ4n) is 2.16. The molecule has 0 aliphatic carbocycles. The Hall–Kier alpha value is -1.80. The summed E-state index contributed by atoms with van der Waals surface area (Å²) in [6.45, 7) is 7.03. The standard InChI is InChI=1S/C16H21N2O2P/c1-5-12-6-16(17-10-12)13-7-14(18-11(2)19)9-15(8-13)21(3,4)20/h6-10,17H,5H2,1-4H3,(H,18,19). The second kappa shape index (κ2) is 5.90. The summed E-state index contributed by atoms with van der Waals surface area (Å²) in [6, 6.07) is 7.69. The molecule has 0 radical (unpaired) electrons. The quantitative estimate of drug-likeness (QED) is 0.850. The number of carbonyl (C=O) groups is 1. The fourth-order valence-corrected chi connectivity index (χ4v) is 3.06. The van der Waals surface area contributed by atoms with Crippen LogP contribution >= 0.6 is 7.14 Å². The summed E-state index contributed by atoms with van der Waals surface area (Å²) in [6.07, 6.45) is 2.92. The van der Waals surface area contributed by atoms with Crippen LogP contribution in [0.15, 0.2) is 30.5 Å². The number of rotatable bonds is 4. The highest BCUT2D eigenvalue weighted by Crippen LogP contribution is 2.37. The van der Waals surface area contributed by atoms with Gasteiger partial charge in [-0.3, -0.25) is 4.79 Å². The van der Waals surface area contributed by atoms with E-state index < -0.39 is 7.14 Å². The molecule has 21 heavy (non-hydrogen) atoms. The molecule has 0 atom stereocenters. The Morgan fingerprint density at radius 1 is 1.24 bits per heavy atom. The zero-order chi connectivity index (χ0) is 15.6. The van der Waals surface area contributed by atoms with E-state index in [1.54, 1.807) is 19.4 Å². The SMILES string of the molecule is CCc1c[nH]c(-c2cc(NC(C)=O)cc(P(C)(C)=O)c2)c1. The van der Waals surface area contributed by atoms with Crippen LogP contribution in [0.1, 0.15) is 19.4 Å². The number of aromatic nitrogens is 1. The Morgan fingerprint density at radius 3 is 2.48 bits per heavy atom. The van der Waals surface area contributed by atoms with Gasteiger partial charge in [-0.1, -0.05) is 6.92 Å². The lowest BCUT2D eigenvalue weighted by Crippen LogP contribution is -2.10. The van der Waals surface area contributed by atoms with E-state index in [4.69, 9.17) is 0 Å². The van der Waals surface area contributed by atoms with Crippen LogP contribution in [0.5, 0.6) is 0 Å². The number of amides is 1. The minimum absolute atomic E-state index is 0.138. The summed E-state index contributed by atoms with van der Waals surface area (Å²) in [5, 5.41) is 3.53. The number of carbonyl (C=O) groups excluding carboxylic acids is 1. The molecule has 1 heterocycles. The van der Waals surface area contributed by atoms with Crippen molar-refractivity contribution in [2.24, 2.45) is 0 Å². The average molecular weight is 304 g/mol. The van der Waals surface area contributed by atoms with Crippen molar-refractivity contribution >= 4 is 24.0 Å². The van der Waals surface area contributed by atoms with Gasteiger partial charge in [0, 0.05) is 35.4 Å². The monoisotopic (exact) mass is 304 g/mol. The molecule has 0 spiro atoms. The molecule has 0 saturated carbocycles. The molecule has 0 aliphatic rings. The van der Waals surface area contributed by atoms with E-state index in [9.17, 15) is 9.36 Å². The minimum atomic E-state index is -2.40. The summed E-state index contributed by atoms with van der Waals surface area (Å²) in [4.78, 5) is 14.5. The predicted octanol–water partition coefficient (Wildman–Crippen LogP) is 3.45. The van der Waals surface area contributed by atoms with Crippen molar-refractivity contribution in [3.8, 4) is 11.3 Å². The van der Waals surface area contributed by atoms with Gasteiger partial charge in [-0.2, -0.15) is 0 Å². The first-order valence-electron chi connectivity index (χ1n) is 6.95. The Kier molecular flexibility index (Phi) is 4.38. The van der Waals surface area contributed by atoms with Gasteiger partial charge in [0.05, 0.1) is 0 Å². The molecule has 0 saturated heterocycles. The molecule has 4 nitrogen and oxygen atoms in total. The molecule has 1 amide bonds. The first-order valence-corrected chi connectivity index (χ1v) is 9.55. The van der Waals surface area contributed by atoms with Gasteiger partial charge in [0.1, 0.15) is 7.14 Å². The maximum atomic E-state index is 12.4. The van der Waals surface area contributed by atoms with E-state index in [-0.39, 0.29) is 5.91 Å². The van der Waals surface area contributed by atoms with Crippen LogP contribution in [-0.4, -0.2) is 24.2 Å². The van der Waals surface area contributed by atoms with Crippen molar-refractivity contribution in [1.29, 1.82) is 0 Å². The van der Waals surface area contributed by atoms with Gasteiger partial charge in [0.25, 0.3) is 0 Å². The van der Waals surface area contributed by atoms with E-state index in [1.807, 2.05) is 18.3 Å². The molecule has 2 N–H and O–H groups in total. The average Bonchev–Trinajstić information content (AvgIpc) is 2.85. The first kappa shape index (κ1) is 15.6. The number of anilines is 1. The molecule has 0 aliphatic heterocycles. The minimum Gasteiger partial charge on any atom is -0.361 e. The Bertz CT molecular complexity index is 713. The van der Waals surface area contributed by atoms with Gasteiger partial charge in [0.15, 0.2) is 0 Å². The normalized spacial score (nSPS) is 11.4. The molecular formula is C16H21N2O2P. The van der Waals surface area contributed by atoms with Gasteiger partial charge >= 0.3 is 0 Å². The summed E-state index contributed by atoms with van der Waals surface area (Å²) >= 11 is 0. The molecule has 1 aromatic carbocycles.